The van der Waals surface area contributed by atoms with Gasteiger partial charge in [-0.3, -0.25) is 9.89 Å². The number of hydrogen-bond acceptors (Lipinski definition) is 6. The standard InChI is InChI=1S/C18H32N4O3S2.HI/c1-3-19-18(20-7-10-25-11-13-27(2,23)24)21-17-4-8-22(9-5-17)14-16-6-12-26-15-16;/h6,12,15,17H,3-5,7-11,13-14H2,1-2H3,(H2,19,20,21);1H. The van der Waals surface area contributed by atoms with Gasteiger partial charge in [0.15, 0.2) is 5.96 Å². The van der Waals surface area contributed by atoms with Gasteiger partial charge in [0, 0.05) is 38.5 Å². The molecule has 162 valence electrons. The SMILES string of the molecule is CCNC(=NCCOCCS(C)(=O)=O)NC1CCN(Cc2ccsc2)CC1.I. The van der Waals surface area contributed by atoms with Gasteiger partial charge in [0.1, 0.15) is 9.84 Å². The molecule has 0 amide bonds. The predicted molar refractivity (Wildman–Crippen MR) is 128 cm³/mol. The molecule has 1 aromatic heterocycles. The van der Waals surface area contributed by atoms with Gasteiger partial charge in [0.05, 0.1) is 25.5 Å². The first-order valence-corrected chi connectivity index (χ1v) is 12.5. The lowest BCUT2D eigenvalue weighted by Gasteiger charge is -2.33. The van der Waals surface area contributed by atoms with Crippen LogP contribution in [0.5, 0.6) is 0 Å². The Morgan fingerprint density at radius 3 is 2.71 bits per heavy atom. The average molecular weight is 545 g/mol. The maximum absolute atomic E-state index is 11.1. The summed E-state index contributed by atoms with van der Waals surface area (Å²) in [5, 5.41) is 11.1. The summed E-state index contributed by atoms with van der Waals surface area (Å²) >= 11 is 1.75. The van der Waals surface area contributed by atoms with E-state index in [1.165, 1.54) is 11.8 Å². The number of guanidine groups is 1. The van der Waals surface area contributed by atoms with Crippen molar-refractivity contribution in [3.05, 3.63) is 22.4 Å². The number of rotatable bonds is 10. The number of sulfone groups is 1. The van der Waals surface area contributed by atoms with Gasteiger partial charge in [0.2, 0.25) is 0 Å². The van der Waals surface area contributed by atoms with Crippen LogP contribution in [0, 0.1) is 0 Å². The zero-order chi connectivity index (χ0) is 19.5. The van der Waals surface area contributed by atoms with E-state index in [-0.39, 0.29) is 36.3 Å². The number of hydrogen-bond donors (Lipinski definition) is 2. The van der Waals surface area contributed by atoms with Crippen molar-refractivity contribution in [3.63, 3.8) is 0 Å². The number of aliphatic imine (C=N–C) groups is 1. The number of likely N-dealkylation sites (tertiary alicyclic amines) is 1. The highest BCUT2D eigenvalue weighted by molar-refractivity contribution is 14.0. The summed E-state index contributed by atoms with van der Waals surface area (Å²) in [4.78, 5) is 7.03. The topological polar surface area (TPSA) is 83.0 Å². The molecule has 0 saturated carbocycles. The fraction of sp³-hybridized carbons (Fsp3) is 0.722. The van der Waals surface area contributed by atoms with Crippen molar-refractivity contribution in [3.8, 4) is 0 Å². The summed E-state index contributed by atoms with van der Waals surface area (Å²) in [6, 6.07) is 2.62. The van der Waals surface area contributed by atoms with Crippen LogP contribution in [0.3, 0.4) is 0 Å². The van der Waals surface area contributed by atoms with Gasteiger partial charge in [0.25, 0.3) is 0 Å². The molecule has 0 aliphatic carbocycles. The molecule has 10 heteroatoms. The van der Waals surface area contributed by atoms with Crippen molar-refractivity contribution in [2.24, 2.45) is 4.99 Å². The quantitative estimate of drug-likeness (QED) is 0.203. The van der Waals surface area contributed by atoms with Crippen LogP contribution >= 0.6 is 35.3 Å². The summed E-state index contributed by atoms with van der Waals surface area (Å²) in [7, 11) is -2.97. The third-order valence-corrected chi connectivity index (χ3v) is 6.00. The molecule has 1 fully saturated rings. The van der Waals surface area contributed by atoms with E-state index >= 15 is 0 Å². The van der Waals surface area contributed by atoms with E-state index in [0.29, 0.717) is 19.2 Å². The fourth-order valence-corrected chi connectivity index (χ4v) is 4.00. The number of nitrogens with one attached hydrogen (secondary N) is 2. The lowest BCUT2D eigenvalue weighted by atomic mass is 10.0. The van der Waals surface area contributed by atoms with Crippen LogP contribution in [0.25, 0.3) is 0 Å². The molecule has 0 atom stereocenters. The molecule has 0 bridgehead atoms. The van der Waals surface area contributed by atoms with Crippen LogP contribution in [-0.2, 0) is 21.1 Å². The first-order chi connectivity index (χ1) is 13.0. The highest BCUT2D eigenvalue weighted by Gasteiger charge is 2.20. The Morgan fingerprint density at radius 1 is 1.36 bits per heavy atom. The molecule has 28 heavy (non-hydrogen) atoms. The van der Waals surface area contributed by atoms with E-state index in [2.05, 4.69) is 37.4 Å². The summed E-state index contributed by atoms with van der Waals surface area (Å²) < 4.78 is 27.5. The Labute approximate surface area is 190 Å². The Hall–Kier alpha value is -0.430. The van der Waals surface area contributed by atoms with Crippen molar-refractivity contribution < 1.29 is 13.2 Å². The molecule has 1 aliphatic rings. The maximum atomic E-state index is 11.1. The molecule has 2 heterocycles. The van der Waals surface area contributed by atoms with Crippen molar-refractivity contribution in [1.82, 2.24) is 15.5 Å². The molecule has 7 nitrogen and oxygen atoms in total. The number of piperidine rings is 1. The minimum atomic E-state index is -2.97. The molecule has 0 radical (unpaired) electrons. The Morgan fingerprint density at radius 2 is 2.11 bits per heavy atom. The second kappa shape index (κ2) is 13.7. The highest BCUT2D eigenvalue weighted by Crippen LogP contribution is 2.15. The molecular weight excluding hydrogens is 511 g/mol. The van der Waals surface area contributed by atoms with E-state index in [1.54, 1.807) is 11.3 Å². The number of ether oxygens (including phenoxy) is 1. The molecule has 1 aliphatic heterocycles. The van der Waals surface area contributed by atoms with Crippen LogP contribution in [-0.4, -0.2) is 76.7 Å². The second-order valence-electron chi connectivity index (χ2n) is 6.83. The minimum Gasteiger partial charge on any atom is -0.378 e. The maximum Gasteiger partial charge on any atom is 0.191 e. The van der Waals surface area contributed by atoms with Crippen LogP contribution in [0.15, 0.2) is 21.8 Å². The van der Waals surface area contributed by atoms with Crippen molar-refractivity contribution in [1.29, 1.82) is 0 Å². The smallest absolute Gasteiger partial charge is 0.191 e. The third-order valence-electron chi connectivity index (χ3n) is 4.36. The van der Waals surface area contributed by atoms with Crippen molar-refractivity contribution >= 4 is 51.1 Å². The van der Waals surface area contributed by atoms with Crippen LogP contribution in [0.2, 0.25) is 0 Å². The van der Waals surface area contributed by atoms with Gasteiger partial charge in [-0.25, -0.2) is 8.42 Å². The molecule has 1 aromatic rings. The highest BCUT2D eigenvalue weighted by atomic mass is 127. The lowest BCUT2D eigenvalue weighted by Crippen LogP contribution is -2.48. The summed E-state index contributed by atoms with van der Waals surface area (Å²) in [5.74, 6) is 0.861. The van der Waals surface area contributed by atoms with Crippen molar-refractivity contribution in [2.45, 2.75) is 32.4 Å². The van der Waals surface area contributed by atoms with Crippen LogP contribution in [0.1, 0.15) is 25.3 Å². The van der Waals surface area contributed by atoms with E-state index < -0.39 is 9.84 Å². The van der Waals surface area contributed by atoms with E-state index in [1.807, 2.05) is 6.92 Å². The Bertz CT molecular complexity index is 660. The fourth-order valence-electron chi connectivity index (χ4n) is 2.92. The zero-order valence-electron chi connectivity index (χ0n) is 16.7. The largest absolute Gasteiger partial charge is 0.378 e. The minimum absolute atomic E-state index is 0. The van der Waals surface area contributed by atoms with Gasteiger partial charge < -0.3 is 15.4 Å². The summed E-state index contributed by atoms with van der Waals surface area (Å²) in [5.41, 5.74) is 1.40. The van der Waals surface area contributed by atoms with Gasteiger partial charge in [-0.05, 0) is 42.2 Å². The molecular formula is C18H33IN4O3S2. The Balaban J connectivity index is 0.00000392. The third kappa shape index (κ3) is 10.9. The zero-order valence-corrected chi connectivity index (χ0v) is 20.7. The second-order valence-corrected chi connectivity index (χ2v) is 9.87. The average Bonchev–Trinajstić information content (AvgIpc) is 3.12. The molecule has 1 saturated heterocycles. The van der Waals surface area contributed by atoms with Crippen LogP contribution in [0.4, 0.5) is 0 Å². The molecule has 0 unspecified atom stereocenters. The van der Waals surface area contributed by atoms with Gasteiger partial charge in [-0.15, -0.1) is 24.0 Å². The van der Waals surface area contributed by atoms with E-state index in [4.69, 9.17) is 4.74 Å². The molecule has 2 rings (SSSR count). The summed E-state index contributed by atoms with van der Waals surface area (Å²) in [6.07, 6.45) is 3.41. The van der Waals surface area contributed by atoms with E-state index in [0.717, 1.165) is 45.0 Å². The molecule has 0 spiro atoms. The van der Waals surface area contributed by atoms with Crippen LogP contribution < -0.4 is 10.6 Å². The van der Waals surface area contributed by atoms with Gasteiger partial charge in [-0.1, -0.05) is 0 Å². The first-order valence-electron chi connectivity index (χ1n) is 9.50. The normalized spacial score (nSPS) is 16.6. The number of nitrogens with zero attached hydrogens (tertiary/aromatic N) is 2. The number of halogens is 1. The Kier molecular flexibility index (Phi) is 12.6. The first kappa shape index (κ1) is 25.6. The lowest BCUT2D eigenvalue weighted by molar-refractivity contribution is 0.157. The predicted octanol–water partition coefficient (Wildman–Crippen LogP) is 1.95. The summed E-state index contributed by atoms with van der Waals surface area (Å²) in [6.45, 7) is 7.21. The van der Waals surface area contributed by atoms with E-state index in [9.17, 15) is 8.42 Å². The van der Waals surface area contributed by atoms with Crippen molar-refractivity contribution in [2.75, 3.05) is 51.4 Å². The van der Waals surface area contributed by atoms with Gasteiger partial charge in [-0.2, -0.15) is 11.3 Å². The monoisotopic (exact) mass is 544 g/mol. The van der Waals surface area contributed by atoms with Gasteiger partial charge >= 0.3 is 0 Å². The molecule has 2 N–H and O–H groups in total. The number of thiophene rings is 1. The molecule has 0 aromatic carbocycles.